The van der Waals surface area contributed by atoms with Gasteiger partial charge in [0.1, 0.15) is 0 Å². The molecule has 7 heteroatoms. The fraction of sp³-hybridized carbons (Fsp3) is 0.192. The minimum absolute atomic E-state index is 0.104. The molecule has 0 aliphatic heterocycles. The number of aromatic nitrogens is 2. The number of amides is 2. The lowest BCUT2D eigenvalue weighted by Crippen LogP contribution is -2.32. The van der Waals surface area contributed by atoms with Crippen LogP contribution in [0.5, 0.6) is 0 Å². The molecule has 0 aliphatic carbocycles. The zero-order valence-electron chi connectivity index (χ0n) is 18.6. The van der Waals surface area contributed by atoms with E-state index in [0.717, 1.165) is 5.52 Å². The van der Waals surface area contributed by atoms with Crippen LogP contribution < -0.4 is 10.6 Å². The number of aryl methyl sites for hydroxylation is 1. The third-order valence-corrected chi connectivity index (χ3v) is 5.55. The van der Waals surface area contributed by atoms with Crippen molar-refractivity contribution >= 4 is 28.5 Å². The molecular formula is C26H26N4O3. The van der Waals surface area contributed by atoms with Gasteiger partial charge < -0.3 is 20.3 Å². The summed E-state index contributed by atoms with van der Waals surface area (Å²) < 4.78 is 1.96. The number of hydrogen-bond acceptors (Lipinski definition) is 4. The predicted molar refractivity (Wildman–Crippen MR) is 128 cm³/mol. The average molecular weight is 443 g/mol. The maximum Gasteiger partial charge on any atom is 0.243 e. The van der Waals surface area contributed by atoms with Gasteiger partial charge in [-0.3, -0.25) is 9.59 Å². The van der Waals surface area contributed by atoms with Gasteiger partial charge in [-0.2, -0.15) is 0 Å². The molecule has 33 heavy (non-hydrogen) atoms. The van der Waals surface area contributed by atoms with Crippen molar-refractivity contribution < 1.29 is 14.7 Å². The van der Waals surface area contributed by atoms with Gasteiger partial charge in [0, 0.05) is 19.2 Å². The van der Waals surface area contributed by atoms with Gasteiger partial charge in [0.25, 0.3) is 0 Å². The molecule has 0 bridgehead atoms. The Labute approximate surface area is 192 Å². The Kier molecular flexibility index (Phi) is 6.24. The molecule has 1 heterocycles. The minimum Gasteiger partial charge on any atom is -0.373 e. The first kappa shape index (κ1) is 22.2. The summed E-state index contributed by atoms with van der Waals surface area (Å²) in [6, 6.07) is 24.4. The number of nitrogens with zero attached hydrogens (tertiary/aromatic N) is 2. The highest BCUT2D eigenvalue weighted by molar-refractivity contribution is 5.96. The van der Waals surface area contributed by atoms with Crippen LogP contribution in [0.3, 0.4) is 0 Å². The molecular weight excluding hydrogens is 416 g/mol. The molecule has 0 spiro atoms. The van der Waals surface area contributed by atoms with E-state index in [4.69, 9.17) is 4.98 Å². The van der Waals surface area contributed by atoms with Crippen LogP contribution in [0.2, 0.25) is 0 Å². The quantitative estimate of drug-likeness (QED) is 0.409. The van der Waals surface area contributed by atoms with Gasteiger partial charge in [0.2, 0.25) is 11.8 Å². The minimum atomic E-state index is -1.47. The first-order valence-electron chi connectivity index (χ1n) is 10.8. The van der Waals surface area contributed by atoms with Gasteiger partial charge in [-0.25, -0.2) is 4.98 Å². The predicted octanol–water partition coefficient (Wildman–Crippen LogP) is 3.42. The van der Waals surface area contributed by atoms with Gasteiger partial charge in [-0.1, -0.05) is 60.7 Å². The molecule has 0 saturated heterocycles. The van der Waals surface area contributed by atoms with Crippen LogP contribution in [0.4, 0.5) is 5.69 Å². The molecule has 0 fully saturated rings. The number of fused-ring (bicyclic) bond motifs is 1. The van der Waals surface area contributed by atoms with E-state index in [9.17, 15) is 14.7 Å². The molecule has 0 radical (unpaired) electrons. The van der Waals surface area contributed by atoms with Crippen LogP contribution >= 0.6 is 0 Å². The number of carbonyl (C=O) groups is 2. The third-order valence-electron chi connectivity index (χ3n) is 5.55. The van der Waals surface area contributed by atoms with E-state index in [-0.39, 0.29) is 18.4 Å². The maximum absolute atomic E-state index is 12.2. The molecule has 7 nitrogen and oxygen atoms in total. The van der Waals surface area contributed by atoms with Crippen LogP contribution in [0.25, 0.3) is 11.0 Å². The maximum atomic E-state index is 12.2. The molecule has 0 saturated carbocycles. The molecule has 3 aromatic carbocycles. The first-order valence-corrected chi connectivity index (χ1v) is 10.8. The lowest BCUT2D eigenvalue weighted by Gasteiger charge is -2.29. The van der Waals surface area contributed by atoms with E-state index in [1.165, 1.54) is 6.92 Å². The number of benzene rings is 3. The normalized spacial score (nSPS) is 11.4. The Balaban J connectivity index is 1.82. The third kappa shape index (κ3) is 4.36. The van der Waals surface area contributed by atoms with Crippen molar-refractivity contribution in [3.8, 4) is 0 Å². The smallest absolute Gasteiger partial charge is 0.243 e. The lowest BCUT2D eigenvalue weighted by molar-refractivity contribution is -0.122. The van der Waals surface area contributed by atoms with E-state index in [2.05, 4.69) is 10.6 Å². The highest BCUT2D eigenvalue weighted by Crippen LogP contribution is 2.38. The SMILES string of the molecule is CCn1c(C(O)(c2ccccc2)c2ccccc2)nc2ccc(NC(=O)CNC(C)=O)cc21. The second-order valence-corrected chi connectivity index (χ2v) is 7.78. The number of carbonyl (C=O) groups excluding carboxylic acids is 2. The Hall–Kier alpha value is -3.97. The van der Waals surface area contributed by atoms with E-state index in [0.29, 0.717) is 34.7 Å². The van der Waals surface area contributed by atoms with Crippen LogP contribution in [-0.4, -0.2) is 33.0 Å². The second kappa shape index (κ2) is 9.26. The summed E-state index contributed by atoms with van der Waals surface area (Å²) in [7, 11) is 0. The second-order valence-electron chi connectivity index (χ2n) is 7.78. The van der Waals surface area contributed by atoms with Gasteiger partial charge in [0.15, 0.2) is 11.4 Å². The standard InChI is InChI=1S/C26H26N4O3/c1-3-30-23-16-21(28-24(32)17-27-18(2)31)14-15-22(23)29-25(30)26(33,19-10-6-4-7-11-19)20-12-8-5-9-13-20/h4-16,33H,3,17H2,1-2H3,(H,27,31)(H,28,32). The Morgan fingerprint density at radius 3 is 2.12 bits per heavy atom. The van der Waals surface area contributed by atoms with Crippen LogP contribution in [0.15, 0.2) is 78.9 Å². The number of imidazole rings is 1. The number of anilines is 1. The zero-order valence-corrected chi connectivity index (χ0v) is 18.6. The summed E-state index contributed by atoms with van der Waals surface area (Å²) in [6.07, 6.45) is 0. The lowest BCUT2D eigenvalue weighted by atomic mass is 9.85. The van der Waals surface area contributed by atoms with Gasteiger partial charge >= 0.3 is 0 Å². The molecule has 0 unspecified atom stereocenters. The van der Waals surface area contributed by atoms with Crippen molar-refractivity contribution in [1.29, 1.82) is 0 Å². The van der Waals surface area contributed by atoms with Crippen molar-refractivity contribution in [3.63, 3.8) is 0 Å². The number of rotatable bonds is 7. The Morgan fingerprint density at radius 2 is 1.58 bits per heavy atom. The molecule has 1 aromatic heterocycles. The zero-order chi connectivity index (χ0) is 23.4. The molecule has 4 rings (SSSR count). The molecule has 3 N–H and O–H groups in total. The highest BCUT2D eigenvalue weighted by atomic mass is 16.3. The van der Waals surface area contributed by atoms with Crippen molar-refractivity contribution in [2.45, 2.75) is 26.0 Å². The van der Waals surface area contributed by atoms with Crippen molar-refractivity contribution in [2.24, 2.45) is 0 Å². The molecule has 0 atom stereocenters. The Bertz CT molecular complexity index is 1240. The number of hydrogen-bond donors (Lipinski definition) is 3. The van der Waals surface area contributed by atoms with E-state index < -0.39 is 5.60 Å². The summed E-state index contributed by atoms with van der Waals surface area (Å²) in [5, 5.41) is 17.5. The highest BCUT2D eigenvalue weighted by Gasteiger charge is 2.38. The van der Waals surface area contributed by atoms with E-state index in [1.54, 1.807) is 6.07 Å². The van der Waals surface area contributed by atoms with Crippen LogP contribution in [0, 0.1) is 0 Å². The topological polar surface area (TPSA) is 96.2 Å². The van der Waals surface area contributed by atoms with Crippen molar-refractivity contribution in [3.05, 3.63) is 95.8 Å². The molecule has 0 aliphatic rings. The summed E-state index contributed by atoms with van der Waals surface area (Å²) in [5.74, 6) is -0.0908. The van der Waals surface area contributed by atoms with Crippen LogP contribution in [0.1, 0.15) is 30.8 Å². The fourth-order valence-electron chi connectivity index (χ4n) is 3.99. The first-order chi connectivity index (χ1) is 15.9. The monoisotopic (exact) mass is 442 g/mol. The van der Waals surface area contributed by atoms with Crippen molar-refractivity contribution in [1.82, 2.24) is 14.9 Å². The number of nitrogens with one attached hydrogen (secondary N) is 2. The summed E-state index contributed by atoms with van der Waals surface area (Å²) in [4.78, 5) is 28.0. The summed E-state index contributed by atoms with van der Waals surface area (Å²) >= 11 is 0. The average Bonchev–Trinajstić information content (AvgIpc) is 3.21. The summed E-state index contributed by atoms with van der Waals surface area (Å²) in [5.41, 5.74) is 2.04. The van der Waals surface area contributed by atoms with Crippen LogP contribution in [-0.2, 0) is 21.7 Å². The van der Waals surface area contributed by atoms with E-state index >= 15 is 0 Å². The largest absolute Gasteiger partial charge is 0.373 e. The Morgan fingerprint density at radius 1 is 0.970 bits per heavy atom. The summed E-state index contributed by atoms with van der Waals surface area (Å²) in [6.45, 7) is 3.81. The fourth-order valence-corrected chi connectivity index (χ4v) is 3.99. The molecule has 2 amide bonds. The number of aliphatic hydroxyl groups is 1. The molecule has 168 valence electrons. The molecule has 4 aromatic rings. The van der Waals surface area contributed by atoms with Gasteiger partial charge in [0.05, 0.1) is 17.6 Å². The van der Waals surface area contributed by atoms with E-state index in [1.807, 2.05) is 84.3 Å². The van der Waals surface area contributed by atoms with Crippen molar-refractivity contribution in [2.75, 3.05) is 11.9 Å². The van der Waals surface area contributed by atoms with Gasteiger partial charge in [-0.15, -0.1) is 0 Å². The van der Waals surface area contributed by atoms with Gasteiger partial charge in [-0.05, 0) is 36.2 Å².